The van der Waals surface area contributed by atoms with Crippen molar-refractivity contribution in [2.24, 2.45) is 7.05 Å². The number of anilines is 1. The lowest BCUT2D eigenvalue weighted by molar-refractivity contribution is 0.219. The summed E-state index contributed by atoms with van der Waals surface area (Å²) < 4.78 is 3.79. The van der Waals surface area contributed by atoms with Gasteiger partial charge in [0.15, 0.2) is 0 Å². The number of rotatable bonds is 4. The lowest BCUT2D eigenvalue weighted by atomic mass is 10.3. The first-order chi connectivity index (χ1) is 11.5. The van der Waals surface area contributed by atoms with Crippen molar-refractivity contribution in [2.45, 2.75) is 26.4 Å². The van der Waals surface area contributed by atoms with Gasteiger partial charge in [0.05, 0.1) is 23.8 Å². The molecule has 0 aliphatic carbocycles. The van der Waals surface area contributed by atoms with Gasteiger partial charge in [-0.15, -0.1) is 0 Å². The van der Waals surface area contributed by atoms with Crippen LogP contribution in [0.5, 0.6) is 0 Å². The minimum absolute atomic E-state index is 0.181. The lowest BCUT2D eigenvalue weighted by Crippen LogP contribution is -2.32. The third-order valence-electron chi connectivity index (χ3n) is 4.00. The van der Waals surface area contributed by atoms with Crippen LogP contribution in [-0.4, -0.2) is 37.3 Å². The predicted octanol–water partition coefficient (Wildman–Crippen LogP) is 3.01. The van der Waals surface area contributed by atoms with Crippen molar-refractivity contribution in [1.29, 1.82) is 0 Å². The average Bonchev–Trinajstić information content (AvgIpc) is 3.13. The number of fused-ring (bicyclic) bond motifs is 1. The number of urea groups is 1. The maximum Gasteiger partial charge on any atom is 0.323 e. The fourth-order valence-corrected chi connectivity index (χ4v) is 2.65. The van der Waals surface area contributed by atoms with E-state index in [1.807, 2.05) is 49.7 Å². The monoisotopic (exact) mass is 326 g/mol. The van der Waals surface area contributed by atoms with Crippen molar-refractivity contribution in [2.75, 3.05) is 12.4 Å². The van der Waals surface area contributed by atoms with Crippen LogP contribution < -0.4 is 5.32 Å². The van der Waals surface area contributed by atoms with E-state index in [0.717, 1.165) is 16.9 Å². The normalized spacial score (nSPS) is 11.2. The molecule has 2 amide bonds. The van der Waals surface area contributed by atoms with E-state index in [-0.39, 0.29) is 12.1 Å². The standard InChI is InChI=1S/C17H22N6O/c1-12(2)23-15(9-10-18-23)20-17(24)21(3)11-16-19-13-7-5-6-8-14(13)22(16)4/h5-10,12H,11H2,1-4H3,(H,20,24). The van der Waals surface area contributed by atoms with Gasteiger partial charge >= 0.3 is 6.03 Å². The highest BCUT2D eigenvalue weighted by Crippen LogP contribution is 2.16. The van der Waals surface area contributed by atoms with Crippen LogP contribution in [0.25, 0.3) is 11.0 Å². The number of hydrogen-bond donors (Lipinski definition) is 1. The first kappa shape index (κ1) is 16.0. The van der Waals surface area contributed by atoms with Crippen molar-refractivity contribution < 1.29 is 4.79 Å². The molecule has 0 atom stereocenters. The molecule has 3 rings (SSSR count). The van der Waals surface area contributed by atoms with E-state index in [1.54, 1.807) is 28.9 Å². The zero-order valence-corrected chi connectivity index (χ0v) is 14.4. The Labute approximate surface area is 140 Å². The van der Waals surface area contributed by atoms with E-state index in [4.69, 9.17) is 0 Å². The van der Waals surface area contributed by atoms with Gasteiger partial charge in [0.25, 0.3) is 0 Å². The van der Waals surface area contributed by atoms with Gasteiger partial charge in [0.1, 0.15) is 11.6 Å². The van der Waals surface area contributed by atoms with Crippen LogP contribution >= 0.6 is 0 Å². The Morgan fingerprint density at radius 1 is 1.29 bits per heavy atom. The molecule has 24 heavy (non-hydrogen) atoms. The molecule has 0 aliphatic rings. The first-order valence-corrected chi connectivity index (χ1v) is 7.93. The smallest absolute Gasteiger partial charge is 0.323 e. The molecule has 1 aromatic carbocycles. The fourth-order valence-electron chi connectivity index (χ4n) is 2.65. The van der Waals surface area contributed by atoms with Gasteiger partial charge in [-0.3, -0.25) is 5.32 Å². The number of amides is 2. The highest BCUT2D eigenvalue weighted by atomic mass is 16.2. The quantitative estimate of drug-likeness (QED) is 0.801. The number of nitrogens with zero attached hydrogens (tertiary/aromatic N) is 5. The average molecular weight is 326 g/mol. The Kier molecular flexibility index (Phi) is 4.24. The Morgan fingerprint density at radius 3 is 2.75 bits per heavy atom. The SMILES string of the molecule is CC(C)n1nccc1NC(=O)N(C)Cc1nc2ccccc2n1C. The summed E-state index contributed by atoms with van der Waals surface area (Å²) in [4.78, 5) is 18.7. The summed E-state index contributed by atoms with van der Waals surface area (Å²) in [5, 5.41) is 7.12. The number of aromatic nitrogens is 4. The third-order valence-corrected chi connectivity index (χ3v) is 4.00. The summed E-state index contributed by atoms with van der Waals surface area (Å²) in [5.41, 5.74) is 1.99. The summed E-state index contributed by atoms with van der Waals surface area (Å²) in [6.07, 6.45) is 1.68. The molecule has 0 saturated carbocycles. The molecular weight excluding hydrogens is 304 g/mol. The van der Waals surface area contributed by atoms with Crippen LogP contribution in [0.1, 0.15) is 25.7 Å². The van der Waals surface area contributed by atoms with E-state index < -0.39 is 0 Å². The van der Waals surface area contributed by atoms with Gasteiger partial charge in [-0.1, -0.05) is 12.1 Å². The molecule has 3 aromatic rings. The largest absolute Gasteiger partial charge is 0.330 e. The fraction of sp³-hybridized carbons (Fsp3) is 0.353. The zero-order valence-electron chi connectivity index (χ0n) is 14.4. The molecule has 0 aliphatic heterocycles. The summed E-state index contributed by atoms with van der Waals surface area (Å²) >= 11 is 0. The number of benzene rings is 1. The Bertz CT molecular complexity index is 863. The van der Waals surface area contributed by atoms with Crippen LogP contribution in [0.4, 0.5) is 10.6 Å². The molecule has 0 fully saturated rings. The lowest BCUT2D eigenvalue weighted by Gasteiger charge is -2.19. The molecular formula is C17H22N6O. The van der Waals surface area contributed by atoms with Crippen LogP contribution in [0.15, 0.2) is 36.5 Å². The van der Waals surface area contributed by atoms with Crippen molar-refractivity contribution in [1.82, 2.24) is 24.2 Å². The van der Waals surface area contributed by atoms with E-state index in [2.05, 4.69) is 15.4 Å². The van der Waals surface area contributed by atoms with Gasteiger partial charge in [0, 0.05) is 26.2 Å². The molecule has 2 aromatic heterocycles. The molecule has 0 radical (unpaired) electrons. The molecule has 0 bridgehead atoms. The zero-order chi connectivity index (χ0) is 17.3. The Morgan fingerprint density at radius 2 is 2.04 bits per heavy atom. The number of hydrogen-bond acceptors (Lipinski definition) is 3. The van der Waals surface area contributed by atoms with Gasteiger partial charge in [-0.2, -0.15) is 5.10 Å². The molecule has 0 saturated heterocycles. The number of para-hydroxylation sites is 2. The molecule has 1 N–H and O–H groups in total. The molecule has 126 valence electrons. The predicted molar refractivity (Wildman–Crippen MR) is 93.8 cm³/mol. The highest BCUT2D eigenvalue weighted by molar-refractivity contribution is 5.88. The van der Waals surface area contributed by atoms with Gasteiger partial charge in [-0.05, 0) is 26.0 Å². The topological polar surface area (TPSA) is 68.0 Å². The van der Waals surface area contributed by atoms with Gasteiger partial charge < -0.3 is 9.47 Å². The number of carbonyl (C=O) groups excluding carboxylic acids is 1. The second kappa shape index (κ2) is 6.35. The Balaban J connectivity index is 1.74. The minimum Gasteiger partial charge on any atom is -0.330 e. The summed E-state index contributed by atoms with van der Waals surface area (Å²) in [6, 6.07) is 9.72. The third kappa shape index (κ3) is 2.97. The van der Waals surface area contributed by atoms with Crippen LogP contribution in [0, 0.1) is 0 Å². The molecule has 0 spiro atoms. The second-order valence-electron chi connectivity index (χ2n) is 6.12. The molecule has 2 heterocycles. The summed E-state index contributed by atoms with van der Waals surface area (Å²) in [6.45, 7) is 4.46. The number of carbonyl (C=O) groups is 1. The number of aryl methyl sites for hydroxylation is 1. The first-order valence-electron chi connectivity index (χ1n) is 7.93. The second-order valence-corrected chi connectivity index (χ2v) is 6.12. The van der Waals surface area contributed by atoms with Crippen LogP contribution in [0.2, 0.25) is 0 Å². The van der Waals surface area contributed by atoms with Crippen molar-refractivity contribution in [3.63, 3.8) is 0 Å². The number of imidazole rings is 1. The van der Waals surface area contributed by atoms with Crippen molar-refractivity contribution in [3.8, 4) is 0 Å². The maximum absolute atomic E-state index is 12.5. The van der Waals surface area contributed by atoms with Crippen LogP contribution in [0.3, 0.4) is 0 Å². The van der Waals surface area contributed by atoms with E-state index in [0.29, 0.717) is 12.4 Å². The van der Waals surface area contributed by atoms with Gasteiger partial charge in [-0.25, -0.2) is 14.5 Å². The molecule has 7 nitrogen and oxygen atoms in total. The molecule has 7 heteroatoms. The Hall–Kier alpha value is -2.83. The van der Waals surface area contributed by atoms with E-state index in [1.165, 1.54) is 0 Å². The van der Waals surface area contributed by atoms with Crippen molar-refractivity contribution in [3.05, 3.63) is 42.4 Å². The van der Waals surface area contributed by atoms with E-state index in [9.17, 15) is 4.79 Å². The van der Waals surface area contributed by atoms with Crippen molar-refractivity contribution >= 4 is 22.9 Å². The van der Waals surface area contributed by atoms with Crippen LogP contribution in [-0.2, 0) is 13.6 Å². The van der Waals surface area contributed by atoms with E-state index >= 15 is 0 Å². The summed E-state index contributed by atoms with van der Waals surface area (Å²) in [5.74, 6) is 1.53. The summed E-state index contributed by atoms with van der Waals surface area (Å²) in [7, 11) is 3.72. The highest BCUT2D eigenvalue weighted by Gasteiger charge is 2.16. The molecule has 0 unspecified atom stereocenters. The van der Waals surface area contributed by atoms with Gasteiger partial charge in [0.2, 0.25) is 0 Å². The minimum atomic E-state index is -0.190. The number of nitrogens with one attached hydrogen (secondary N) is 1. The maximum atomic E-state index is 12.5.